The molecule has 3 rings (SSSR count). The molecule has 0 aliphatic heterocycles. The third kappa shape index (κ3) is 3.18. The predicted octanol–water partition coefficient (Wildman–Crippen LogP) is 3.43. The lowest BCUT2D eigenvalue weighted by atomic mass is 10.1. The maximum Gasteiger partial charge on any atom is 0.120 e. The molecule has 0 saturated carbocycles. The lowest BCUT2D eigenvalue weighted by Crippen LogP contribution is -2.18. The molecule has 2 aromatic carbocycles. The number of aromatic hydroxyl groups is 1. The molecular formula is C18H19N3O. The van der Waals surface area contributed by atoms with Crippen LogP contribution in [0.1, 0.15) is 24.1 Å². The van der Waals surface area contributed by atoms with Crippen molar-refractivity contribution in [3.8, 4) is 11.4 Å². The molecule has 0 saturated heterocycles. The number of benzene rings is 2. The van der Waals surface area contributed by atoms with Crippen LogP contribution in [0.15, 0.2) is 67.3 Å². The van der Waals surface area contributed by atoms with Crippen molar-refractivity contribution in [2.24, 2.45) is 0 Å². The zero-order valence-corrected chi connectivity index (χ0v) is 12.5. The Labute approximate surface area is 130 Å². The molecule has 3 aromatic rings. The molecule has 0 spiro atoms. The maximum absolute atomic E-state index is 9.79. The van der Waals surface area contributed by atoms with Crippen LogP contribution in [-0.4, -0.2) is 14.7 Å². The number of hydrogen-bond donors (Lipinski definition) is 2. The summed E-state index contributed by atoms with van der Waals surface area (Å²) < 4.78 is 1.98. The molecule has 1 aromatic heterocycles. The zero-order valence-electron chi connectivity index (χ0n) is 12.5. The molecule has 0 fully saturated rings. The molecule has 0 aliphatic rings. The van der Waals surface area contributed by atoms with E-state index in [1.807, 2.05) is 29.0 Å². The lowest BCUT2D eigenvalue weighted by Gasteiger charge is -2.15. The first-order chi connectivity index (χ1) is 10.7. The number of phenolic OH excluding ortho intramolecular Hbond substituents is 1. The second-order valence-corrected chi connectivity index (χ2v) is 5.29. The summed E-state index contributed by atoms with van der Waals surface area (Å²) in [5, 5.41) is 13.2. The van der Waals surface area contributed by atoms with Crippen molar-refractivity contribution in [3.63, 3.8) is 0 Å². The van der Waals surface area contributed by atoms with Crippen molar-refractivity contribution in [1.29, 1.82) is 0 Å². The van der Waals surface area contributed by atoms with Crippen LogP contribution in [0.5, 0.6) is 5.75 Å². The third-order valence-electron chi connectivity index (χ3n) is 3.79. The van der Waals surface area contributed by atoms with Crippen LogP contribution in [0.4, 0.5) is 0 Å². The highest BCUT2D eigenvalue weighted by atomic mass is 16.3. The standard InChI is InChI=1S/C18H19N3O/c1-14(20-12-16-4-2-3-5-18(16)22)15-6-8-17(9-7-15)21-11-10-19-13-21/h2-11,13-14,20,22H,12H2,1H3/t14-/m1/s1. The highest BCUT2D eigenvalue weighted by Crippen LogP contribution is 2.19. The van der Waals surface area contributed by atoms with Crippen molar-refractivity contribution in [2.45, 2.75) is 19.5 Å². The molecule has 0 radical (unpaired) electrons. The Morgan fingerprint density at radius 2 is 1.91 bits per heavy atom. The van der Waals surface area contributed by atoms with Crippen molar-refractivity contribution in [3.05, 3.63) is 78.4 Å². The molecule has 1 atom stereocenters. The first-order valence-electron chi connectivity index (χ1n) is 7.32. The van der Waals surface area contributed by atoms with Crippen LogP contribution in [0.2, 0.25) is 0 Å². The Bertz CT molecular complexity index is 720. The molecule has 1 heterocycles. The minimum Gasteiger partial charge on any atom is -0.508 e. The molecule has 0 amide bonds. The van der Waals surface area contributed by atoms with Gasteiger partial charge in [-0.1, -0.05) is 30.3 Å². The van der Waals surface area contributed by atoms with Gasteiger partial charge in [-0.3, -0.25) is 0 Å². The molecule has 2 N–H and O–H groups in total. The van der Waals surface area contributed by atoms with Gasteiger partial charge in [0.15, 0.2) is 0 Å². The van der Waals surface area contributed by atoms with E-state index in [4.69, 9.17) is 0 Å². The van der Waals surface area contributed by atoms with E-state index in [2.05, 4.69) is 41.5 Å². The average molecular weight is 293 g/mol. The normalized spacial score (nSPS) is 12.2. The summed E-state index contributed by atoms with van der Waals surface area (Å²) in [6.45, 7) is 2.75. The monoisotopic (exact) mass is 293 g/mol. The Morgan fingerprint density at radius 1 is 1.14 bits per heavy atom. The molecule has 0 bridgehead atoms. The van der Waals surface area contributed by atoms with Crippen molar-refractivity contribution < 1.29 is 5.11 Å². The van der Waals surface area contributed by atoms with Crippen LogP contribution in [0, 0.1) is 0 Å². The molecule has 22 heavy (non-hydrogen) atoms. The fourth-order valence-electron chi connectivity index (χ4n) is 2.39. The third-order valence-corrected chi connectivity index (χ3v) is 3.79. The topological polar surface area (TPSA) is 50.1 Å². The fourth-order valence-corrected chi connectivity index (χ4v) is 2.39. The summed E-state index contributed by atoms with van der Waals surface area (Å²) >= 11 is 0. The van der Waals surface area contributed by atoms with Gasteiger partial charge in [-0.25, -0.2) is 4.98 Å². The largest absolute Gasteiger partial charge is 0.508 e. The molecule has 0 unspecified atom stereocenters. The van der Waals surface area contributed by atoms with Crippen LogP contribution in [0.25, 0.3) is 5.69 Å². The van der Waals surface area contributed by atoms with Gasteiger partial charge in [-0.05, 0) is 30.7 Å². The van der Waals surface area contributed by atoms with Gasteiger partial charge in [0, 0.05) is 36.2 Å². The number of phenols is 1. The van der Waals surface area contributed by atoms with E-state index in [-0.39, 0.29) is 6.04 Å². The molecule has 112 valence electrons. The van der Waals surface area contributed by atoms with Gasteiger partial charge in [-0.15, -0.1) is 0 Å². The van der Waals surface area contributed by atoms with Gasteiger partial charge >= 0.3 is 0 Å². The first-order valence-corrected chi connectivity index (χ1v) is 7.32. The van der Waals surface area contributed by atoms with E-state index in [0.717, 1.165) is 11.3 Å². The van der Waals surface area contributed by atoms with Gasteiger partial charge < -0.3 is 15.0 Å². The summed E-state index contributed by atoms with van der Waals surface area (Å²) in [6, 6.07) is 16.0. The van der Waals surface area contributed by atoms with Crippen molar-refractivity contribution >= 4 is 0 Å². The zero-order chi connectivity index (χ0) is 15.4. The van der Waals surface area contributed by atoms with Gasteiger partial charge in [0.05, 0.1) is 6.33 Å². The Hall–Kier alpha value is -2.59. The second kappa shape index (κ2) is 6.45. The van der Waals surface area contributed by atoms with Crippen LogP contribution < -0.4 is 5.32 Å². The van der Waals surface area contributed by atoms with Gasteiger partial charge in [0.25, 0.3) is 0 Å². The number of para-hydroxylation sites is 1. The predicted molar refractivity (Wildman–Crippen MR) is 86.9 cm³/mol. The number of aromatic nitrogens is 2. The van der Waals surface area contributed by atoms with Gasteiger partial charge in [0.1, 0.15) is 5.75 Å². The fraction of sp³-hybridized carbons (Fsp3) is 0.167. The highest BCUT2D eigenvalue weighted by Gasteiger charge is 2.07. The summed E-state index contributed by atoms with van der Waals surface area (Å²) in [7, 11) is 0. The van der Waals surface area contributed by atoms with E-state index in [1.54, 1.807) is 18.6 Å². The molecule has 4 nitrogen and oxygen atoms in total. The van der Waals surface area contributed by atoms with E-state index < -0.39 is 0 Å². The number of nitrogens with zero attached hydrogens (tertiary/aromatic N) is 2. The van der Waals surface area contributed by atoms with Gasteiger partial charge in [0.2, 0.25) is 0 Å². The summed E-state index contributed by atoms with van der Waals surface area (Å²) in [5.41, 5.74) is 3.21. The molecule has 0 aliphatic carbocycles. The Morgan fingerprint density at radius 3 is 2.59 bits per heavy atom. The first kappa shape index (κ1) is 14.4. The minimum atomic E-state index is 0.205. The van der Waals surface area contributed by atoms with Crippen LogP contribution >= 0.6 is 0 Å². The van der Waals surface area contributed by atoms with E-state index in [9.17, 15) is 5.11 Å². The Kier molecular flexibility index (Phi) is 4.21. The van der Waals surface area contributed by atoms with E-state index in [1.165, 1.54) is 5.56 Å². The van der Waals surface area contributed by atoms with Crippen LogP contribution in [0.3, 0.4) is 0 Å². The van der Waals surface area contributed by atoms with Crippen LogP contribution in [-0.2, 0) is 6.54 Å². The number of rotatable bonds is 5. The van der Waals surface area contributed by atoms with Gasteiger partial charge in [-0.2, -0.15) is 0 Å². The smallest absolute Gasteiger partial charge is 0.120 e. The SMILES string of the molecule is C[C@@H](NCc1ccccc1O)c1ccc(-n2ccnc2)cc1. The molecule has 4 heteroatoms. The van der Waals surface area contributed by atoms with Crippen molar-refractivity contribution in [1.82, 2.24) is 14.9 Å². The maximum atomic E-state index is 9.79. The minimum absolute atomic E-state index is 0.205. The number of nitrogens with one attached hydrogen (secondary N) is 1. The average Bonchev–Trinajstić information content (AvgIpc) is 3.08. The summed E-state index contributed by atoms with van der Waals surface area (Å²) in [6.07, 6.45) is 5.48. The number of imidazole rings is 1. The van der Waals surface area contributed by atoms with E-state index in [0.29, 0.717) is 12.3 Å². The second-order valence-electron chi connectivity index (χ2n) is 5.29. The van der Waals surface area contributed by atoms with E-state index >= 15 is 0 Å². The lowest BCUT2D eigenvalue weighted by molar-refractivity contribution is 0.460. The highest BCUT2D eigenvalue weighted by molar-refractivity contribution is 5.36. The Balaban J connectivity index is 1.65. The summed E-state index contributed by atoms with van der Waals surface area (Å²) in [4.78, 5) is 4.05. The molecular weight excluding hydrogens is 274 g/mol. The number of hydrogen-bond acceptors (Lipinski definition) is 3. The quantitative estimate of drug-likeness (QED) is 0.757. The van der Waals surface area contributed by atoms with Crippen molar-refractivity contribution in [2.75, 3.05) is 0 Å². The summed E-state index contributed by atoms with van der Waals surface area (Å²) in [5.74, 6) is 0.331.